The summed E-state index contributed by atoms with van der Waals surface area (Å²) in [4.78, 5) is 22.1. The molecule has 5 rings (SSSR count). The minimum atomic E-state index is -0.381. The summed E-state index contributed by atoms with van der Waals surface area (Å²) >= 11 is 1.33. The van der Waals surface area contributed by atoms with Gasteiger partial charge in [0, 0.05) is 31.7 Å². The van der Waals surface area contributed by atoms with Crippen molar-refractivity contribution in [3.8, 4) is 11.5 Å². The number of benzene rings is 3. The maximum Gasteiger partial charge on any atom is 0.260 e. The fourth-order valence-electron chi connectivity index (χ4n) is 4.03. The molecule has 0 saturated carbocycles. The highest BCUT2D eigenvalue weighted by molar-refractivity contribution is 7.22. The van der Waals surface area contributed by atoms with Crippen molar-refractivity contribution in [2.45, 2.75) is 6.42 Å². The smallest absolute Gasteiger partial charge is 0.260 e. The summed E-state index contributed by atoms with van der Waals surface area (Å²) in [5.41, 5.74) is 0.821. The summed E-state index contributed by atoms with van der Waals surface area (Å²) in [5.74, 6) is 0.826. The Morgan fingerprint density at radius 3 is 2.44 bits per heavy atom. The van der Waals surface area contributed by atoms with E-state index in [2.05, 4.69) is 9.88 Å². The molecule has 0 atom stereocenters. The molecule has 1 aromatic heterocycles. The second-order valence-electron chi connectivity index (χ2n) is 8.29. The molecule has 0 bridgehead atoms. The molecule has 188 valence electrons. The van der Waals surface area contributed by atoms with Crippen LogP contribution in [0.3, 0.4) is 0 Å². The van der Waals surface area contributed by atoms with Crippen LogP contribution in [0.2, 0.25) is 0 Å². The highest BCUT2D eigenvalue weighted by Gasteiger charge is 2.23. The normalized spacial score (nSPS) is 13.8. The van der Waals surface area contributed by atoms with Crippen molar-refractivity contribution >= 4 is 45.0 Å². The van der Waals surface area contributed by atoms with E-state index >= 15 is 0 Å². The molecule has 0 aliphatic carbocycles. The Hall–Kier alpha value is -3.04. The van der Waals surface area contributed by atoms with E-state index in [0.29, 0.717) is 28.5 Å². The van der Waals surface area contributed by atoms with Crippen molar-refractivity contribution in [2.24, 2.45) is 0 Å². The molecule has 1 amide bonds. The van der Waals surface area contributed by atoms with Crippen LogP contribution in [0.1, 0.15) is 16.8 Å². The number of anilines is 1. The fourth-order valence-corrected chi connectivity index (χ4v) is 5.03. The van der Waals surface area contributed by atoms with Crippen molar-refractivity contribution < 1.29 is 18.7 Å². The van der Waals surface area contributed by atoms with Gasteiger partial charge in [-0.15, -0.1) is 12.4 Å². The molecule has 3 aromatic carbocycles. The molecule has 6 nitrogen and oxygen atoms in total. The highest BCUT2D eigenvalue weighted by Crippen LogP contribution is 2.31. The number of fused-ring (bicyclic) bond motifs is 1. The predicted molar refractivity (Wildman–Crippen MR) is 143 cm³/mol. The Balaban J connectivity index is 0.00000304. The molecule has 0 spiro atoms. The number of halogens is 2. The van der Waals surface area contributed by atoms with E-state index in [-0.39, 0.29) is 24.1 Å². The second-order valence-corrected chi connectivity index (χ2v) is 9.30. The van der Waals surface area contributed by atoms with Gasteiger partial charge in [0.25, 0.3) is 5.91 Å². The van der Waals surface area contributed by atoms with Crippen LogP contribution in [0, 0.1) is 5.82 Å². The first-order valence-electron chi connectivity index (χ1n) is 11.7. The third-order valence-corrected chi connectivity index (χ3v) is 6.92. The van der Waals surface area contributed by atoms with Gasteiger partial charge in [0.15, 0.2) is 5.13 Å². The summed E-state index contributed by atoms with van der Waals surface area (Å²) < 4.78 is 26.3. The Labute approximate surface area is 219 Å². The number of carbonyl (C=O) groups excluding carboxylic acids is 1. The number of hydrogen-bond acceptors (Lipinski definition) is 6. The number of nitrogens with zero attached hydrogens (tertiary/aromatic N) is 3. The lowest BCUT2D eigenvalue weighted by molar-refractivity contribution is 0.0376. The van der Waals surface area contributed by atoms with E-state index in [4.69, 9.17) is 9.47 Å². The van der Waals surface area contributed by atoms with Crippen molar-refractivity contribution in [1.82, 2.24) is 9.88 Å². The second kappa shape index (κ2) is 12.3. The van der Waals surface area contributed by atoms with E-state index < -0.39 is 0 Å². The molecule has 0 radical (unpaired) electrons. The first-order chi connectivity index (χ1) is 17.2. The molecule has 36 heavy (non-hydrogen) atoms. The summed E-state index contributed by atoms with van der Waals surface area (Å²) in [5, 5.41) is 0.502. The van der Waals surface area contributed by atoms with Crippen molar-refractivity contribution in [3.05, 3.63) is 84.2 Å². The molecule has 1 fully saturated rings. The summed E-state index contributed by atoms with van der Waals surface area (Å²) in [6, 6.07) is 21.4. The van der Waals surface area contributed by atoms with Gasteiger partial charge >= 0.3 is 0 Å². The van der Waals surface area contributed by atoms with Crippen LogP contribution >= 0.6 is 23.7 Å². The molecule has 1 saturated heterocycles. The van der Waals surface area contributed by atoms with Gasteiger partial charge in [-0.3, -0.25) is 14.6 Å². The molecular formula is C27H27ClFN3O3S. The lowest BCUT2D eigenvalue weighted by atomic mass is 10.2. The van der Waals surface area contributed by atoms with Gasteiger partial charge in [0.1, 0.15) is 22.8 Å². The number of rotatable bonds is 8. The van der Waals surface area contributed by atoms with E-state index in [0.717, 1.165) is 49.7 Å². The van der Waals surface area contributed by atoms with Gasteiger partial charge in [0.2, 0.25) is 0 Å². The highest BCUT2D eigenvalue weighted by atomic mass is 35.5. The molecule has 1 aliphatic heterocycles. The monoisotopic (exact) mass is 527 g/mol. The fraction of sp³-hybridized carbons (Fsp3) is 0.259. The van der Waals surface area contributed by atoms with Crippen molar-refractivity contribution in [2.75, 3.05) is 44.3 Å². The topological polar surface area (TPSA) is 54.9 Å². The quantitative estimate of drug-likeness (QED) is 0.280. The van der Waals surface area contributed by atoms with Gasteiger partial charge in [-0.2, -0.15) is 0 Å². The third-order valence-electron chi connectivity index (χ3n) is 5.87. The van der Waals surface area contributed by atoms with E-state index in [9.17, 15) is 9.18 Å². The van der Waals surface area contributed by atoms with Crippen molar-refractivity contribution in [1.29, 1.82) is 0 Å². The summed E-state index contributed by atoms with van der Waals surface area (Å²) in [6.45, 7) is 4.59. The van der Waals surface area contributed by atoms with E-state index in [1.54, 1.807) is 35.2 Å². The van der Waals surface area contributed by atoms with Crippen molar-refractivity contribution in [3.63, 3.8) is 0 Å². The molecule has 9 heteroatoms. The first-order valence-corrected chi connectivity index (χ1v) is 12.5. The van der Waals surface area contributed by atoms with E-state index in [1.165, 1.54) is 17.4 Å². The van der Waals surface area contributed by atoms with Crippen LogP contribution in [-0.4, -0.2) is 55.2 Å². The standard InChI is InChI=1S/C27H26FN3O3S.ClH/c28-23-8-4-9-24-25(23)29-27(35-24)31(15-5-14-30-16-18-33-19-17-30)26(32)20-10-12-22(13-11-20)34-21-6-2-1-3-7-21;/h1-4,6-13H,5,14-19H2;1H. The number of para-hydroxylation sites is 2. The number of carbonyl (C=O) groups is 1. The number of ether oxygens (including phenoxy) is 2. The average molecular weight is 528 g/mol. The summed E-state index contributed by atoms with van der Waals surface area (Å²) in [7, 11) is 0. The molecule has 4 aromatic rings. The number of thiazole rings is 1. The largest absolute Gasteiger partial charge is 0.457 e. The maximum absolute atomic E-state index is 14.3. The minimum Gasteiger partial charge on any atom is -0.457 e. The van der Waals surface area contributed by atoms with Gasteiger partial charge in [0.05, 0.1) is 17.9 Å². The van der Waals surface area contributed by atoms with Gasteiger partial charge in [-0.1, -0.05) is 35.6 Å². The third kappa shape index (κ3) is 6.20. The number of aromatic nitrogens is 1. The zero-order valence-electron chi connectivity index (χ0n) is 19.6. The number of morpholine rings is 1. The molecule has 2 heterocycles. The first kappa shape index (κ1) is 26.0. The average Bonchev–Trinajstić information content (AvgIpc) is 3.33. The Morgan fingerprint density at radius 1 is 1.00 bits per heavy atom. The van der Waals surface area contributed by atoms with Gasteiger partial charge in [-0.25, -0.2) is 9.37 Å². The van der Waals surface area contributed by atoms with Crippen LogP contribution in [0.15, 0.2) is 72.8 Å². The lowest BCUT2D eigenvalue weighted by Gasteiger charge is -2.27. The Kier molecular flexibility index (Phi) is 8.88. The van der Waals surface area contributed by atoms with Crippen LogP contribution in [0.4, 0.5) is 9.52 Å². The lowest BCUT2D eigenvalue weighted by Crippen LogP contribution is -2.39. The number of amides is 1. The molecule has 0 N–H and O–H groups in total. The van der Waals surface area contributed by atoms with E-state index in [1.807, 2.05) is 36.4 Å². The van der Waals surface area contributed by atoms with Crippen LogP contribution < -0.4 is 9.64 Å². The summed E-state index contributed by atoms with van der Waals surface area (Å²) in [6.07, 6.45) is 0.777. The van der Waals surface area contributed by atoms with Crippen LogP contribution in [0.25, 0.3) is 10.2 Å². The molecule has 0 unspecified atom stereocenters. The maximum atomic E-state index is 14.3. The Morgan fingerprint density at radius 2 is 1.72 bits per heavy atom. The van der Waals surface area contributed by atoms with Crippen LogP contribution in [-0.2, 0) is 4.74 Å². The number of hydrogen-bond donors (Lipinski definition) is 0. The van der Waals surface area contributed by atoms with Gasteiger partial charge in [-0.05, 0) is 55.0 Å². The Bertz CT molecular complexity index is 1280. The SMILES string of the molecule is Cl.O=C(c1ccc(Oc2ccccc2)cc1)N(CCCN1CCOCC1)c1nc2c(F)cccc2s1. The predicted octanol–water partition coefficient (Wildman–Crippen LogP) is 6.02. The minimum absolute atomic E-state index is 0. The molecular weight excluding hydrogens is 501 g/mol. The zero-order valence-corrected chi connectivity index (χ0v) is 21.3. The zero-order chi connectivity index (χ0) is 24.0. The van der Waals surface area contributed by atoms with Crippen LogP contribution in [0.5, 0.6) is 11.5 Å². The van der Waals surface area contributed by atoms with Gasteiger partial charge < -0.3 is 9.47 Å². The molecule has 1 aliphatic rings.